The third kappa shape index (κ3) is 4.94. The summed E-state index contributed by atoms with van der Waals surface area (Å²) in [4.78, 5) is 0. The van der Waals surface area contributed by atoms with Gasteiger partial charge in [0.05, 0.1) is 0 Å². The second-order valence-electron chi connectivity index (χ2n) is 5.71. The van der Waals surface area contributed by atoms with E-state index in [1.54, 1.807) is 0 Å². The second-order valence-corrected chi connectivity index (χ2v) is 5.71. The molecule has 0 aromatic carbocycles. The number of ether oxygens (including phenoxy) is 1. The average molecular weight is 240 g/mol. The molecule has 3 heteroatoms. The maximum Gasteiger partial charge on any atom is 0.0494 e. The summed E-state index contributed by atoms with van der Waals surface area (Å²) in [6, 6.07) is 0.664. The molecule has 3 N–H and O–H groups in total. The van der Waals surface area contributed by atoms with Crippen LogP contribution in [-0.2, 0) is 4.74 Å². The molecule has 2 fully saturated rings. The van der Waals surface area contributed by atoms with E-state index < -0.39 is 0 Å². The predicted octanol–water partition coefficient (Wildman–Crippen LogP) is 1.91. The highest BCUT2D eigenvalue weighted by atomic mass is 16.5. The molecule has 0 radical (unpaired) electrons. The Morgan fingerprint density at radius 3 is 2.71 bits per heavy atom. The van der Waals surface area contributed by atoms with Crippen LogP contribution in [0.25, 0.3) is 0 Å². The quantitative estimate of drug-likeness (QED) is 0.637. The Balaban J connectivity index is 1.47. The third-order valence-corrected chi connectivity index (χ3v) is 4.13. The second kappa shape index (κ2) is 7.34. The first-order valence-electron chi connectivity index (χ1n) is 7.41. The lowest BCUT2D eigenvalue weighted by atomic mass is 9.84. The van der Waals surface area contributed by atoms with Gasteiger partial charge in [-0.3, -0.25) is 0 Å². The summed E-state index contributed by atoms with van der Waals surface area (Å²) in [6.07, 6.45) is 9.27. The molecule has 2 unspecified atom stereocenters. The van der Waals surface area contributed by atoms with Crippen LogP contribution >= 0.6 is 0 Å². The molecule has 0 aromatic rings. The van der Waals surface area contributed by atoms with Crippen LogP contribution in [0.3, 0.4) is 0 Å². The summed E-state index contributed by atoms with van der Waals surface area (Å²) in [5.41, 5.74) is 5.82. The number of rotatable bonds is 8. The lowest BCUT2D eigenvalue weighted by Crippen LogP contribution is -2.42. The van der Waals surface area contributed by atoms with Crippen LogP contribution in [0.1, 0.15) is 44.9 Å². The van der Waals surface area contributed by atoms with E-state index in [0.717, 1.165) is 38.6 Å². The molecule has 2 saturated carbocycles. The summed E-state index contributed by atoms with van der Waals surface area (Å²) in [6.45, 7) is 3.85. The van der Waals surface area contributed by atoms with Crippen LogP contribution < -0.4 is 11.1 Å². The van der Waals surface area contributed by atoms with Crippen LogP contribution in [0, 0.1) is 11.8 Å². The van der Waals surface area contributed by atoms with Gasteiger partial charge in [-0.25, -0.2) is 0 Å². The number of nitrogens with one attached hydrogen (secondary N) is 1. The fourth-order valence-electron chi connectivity index (χ4n) is 2.75. The molecule has 0 aromatic heterocycles. The van der Waals surface area contributed by atoms with E-state index >= 15 is 0 Å². The number of hydrogen-bond donors (Lipinski definition) is 2. The Labute approximate surface area is 105 Å². The zero-order chi connectivity index (χ0) is 11.9. The van der Waals surface area contributed by atoms with Gasteiger partial charge in [0.15, 0.2) is 0 Å². The van der Waals surface area contributed by atoms with E-state index in [4.69, 9.17) is 10.5 Å². The van der Waals surface area contributed by atoms with Crippen molar-refractivity contribution in [2.24, 2.45) is 17.6 Å². The fourth-order valence-corrected chi connectivity index (χ4v) is 2.75. The first-order chi connectivity index (χ1) is 8.40. The Bertz CT molecular complexity index is 206. The van der Waals surface area contributed by atoms with Crippen molar-refractivity contribution in [3.63, 3.8) is 0 Å². The molecule has 3 nitrogen and oxygen atoms in total. The van der Waals surface area contributed by atoms with Crippen LogP contribution in [0.4, 0.5) is 0 Å². The van der Waals surface area contributed by atoms with Gasteiger partial charge in [-0.05, 0) is 57.0 Å². The monoisotopic (exact) mass is 240 g/mol. The highest BCUT2D eigenvalue weighted by Gasteiger charge is 2.23. The van der Waals surface area contributed by atoms with E-state index in [1.165, 1.54) is 38.5 Å². The first kappa shape index (κ1) is 13.3. The van der Waals surface area contributed by atoms with Crippen molar-refractivity contribution in [2.75, 3.05) is 26.3 Å². The third-order valence-electron chi connectivity index (χ3n) is 4.13. The predicted molar refractivity (Wildman–Crippen MR) is 71.0 cm³/mol. The van der Waals surface area contributed by atoms with Crippen molar-refractivity contribution in [1.82, 2.24) is 5.32 Å². The Morgan fingerprint density at radius 1 is 1.12 bits per heavy atom. The van der Waals surface area contributed by atoms with Gasteiger partial charge in [-0.1, -0.05) is 12.8 Å². The molecule has 2 rings (SSSR count). The summed E-state index contributed by atoms with van der Waals surface area (Å²) in [5.74, 6) is 1.60. The summed E-state index contributed by atoms with van der Waals surface area (Å²) in [5, 5.41) is 3.67. The molecule has 2 aliphatic carbocycles. The lowest BCUT2D eigenvalue weighted by Gasteiger charge is -2.31. The van der Waals surface area contributed by atoms with E-state index in [0.29, 0.717) is 12.0 Å². The minimum atomic E-state index is 0.664. The average Bonchev–Trinajstić information content (AvgIpc) is 3.18. The van der Waals surface area contributed by atoms with Crippen LogP contribution in [-0.4, -0.2) is 32.3 Å². The molecule has 100 valence electrons. The van der Waals surface area contributed by atoms with Gasteiger partial charge in [-0.2, -0.15) is 0 Å². The topological polar surface area (TPSA) is 47.3 Å². The van der Waals surface area contributed by atoms with E-state index in [9.17, 15) is 0 Å². The first-order valence-corrected chi connectivity index (χ1v) is 7.41. The van der Waals surface area contributed by atoms with E-state index in [-0.39, 0.29) is 0 Å². The van der Waals surface area contributed by atoms with Gasteiger partial charge >= 0.3 is 0 Å². The molecule has 0 spiro atoms. The van der Waals surface area contributed by atoms with Gasteiger partial charge in [0.2, 0.25) is 0 Å². The molecule has 0 aliphatic heterocycles. The molecule has 2 aliphatic rings. The number of nitrogens with two attached hydrogens (primary N) is 1. The highest BCUT2D eigenvalue weighted by molar-refractivity contribution is 4.81. The lowest BCUT2D eigenvalue weighted by molar-refractivity contribution is 0.120. The minimum absolute atomic E-state index is 0.664. The van der Waals surface area contributed by atoms with Crippen molar-refractivity contribution in [3.8, 4) is 0 Å². The smallest absolute Gasteiger partial charge is 0.0494 e. The van der Waals surface area contributed by atoms with Crippen molar-refractivity contribution < 1.29 is 4.74 Å². The molecule has 2 atom stereocenters. The maximum absolute atomic E-state index is 5.82. The zero-order valence-electron chi connectivity index (χ0n) is 11.0. The van der Waals surface area contributed by atoms with Gasteiger partial charge in [0.25, 0.3) is 0 Å². The van der Waals surface area contributed by atoms with Crippen LogP contribution in [0.15, 0.2) is 0 Å². The van der Waals surface area contributed by atoms with Crippen molar-refractivity contribution in [3.05, 3.63) is 0 Å². The largest absolute Gasteiger partial charge is 0.381 e. The van der Waals surface area contributed by atoms with E-state index in [1.807, 2.05) is 0 Å². The summed E-state index contributed by atoms with van der Waals surface area (Å²) >= 11 is 0. The standard InChI is InChI=1S/C14H28N2O/c15-10-13-4-1-2-5-14(13)16-8-3-9-17-11-12-6-7-12/h12-14,16H,1-11,15H2. The van der Waals surface area contributed by atoms with Gasteiger partial charge in [-0.15, -0.1) is 0 Å². The zero-order valence-corrected chi connectivity index (χ0v) is 11.0. The normalized spacial score (nSPS) is 29.5. The number of hydrogen-bond acceptors (Lipinski definition) is 3. The minimum Gasteiger partial charge on any atom is -0.381 e. The maximum atomic E-state index is 5.82. The van der Waals surface area contributed by atoms with Gasteiger partial charge in [0.1, 0.15) is 0 Å². The van der Waals surface area contributed by atoms with Crippen molar-refractivity contribution in [2.45, 2.75) is 51.0 Å². The van der Waals surface area contributed by atoms with Crippen LogP contribution in [0.5, 0.6) is 0 Å². The van der Waals surface area contributed by atoms with Crippen LogP contribution in [0.2, 0.25) is 0 Å². The van der Waals surface area contributed by atoms with Gasteiger partial charge in [0, 0.05) is 19.3 Å². The Hall–Kier alpha value is -0.120. The molecule has 0 amide bonds. The molecule has 0 heterocycles. The summed E-state index contributed by atoms with van der Waals surface area (Å²) in [7, 11) is 0. The SMILES string of the molecule is NCC1CCCCC1NCCCOCC1CC1. The molecule has 0 saturated heterocycles. The van der Waals surface area contributed by atoms with Crippen molar-refractivity contribution in [1.29, 1.82) is 0 Å². The molecule has 0 bridgehead atoms. The summed E-state index contributed by atoms with van der Waals surface area (Å²) < 4.78 is 5.64. The molecular formula is C14H28N2O. The van der Waals surface area contributed by atoms with Gasteiger partial charge < -0.3 is 15.8 Å². The van der Waals surface area contributed by atoms with Crippen molar-refractivity contribution >= 4 is 0 Å². The van der Waals surface area contributed by atoms with E-state index in [2.05, 4.69) is 5.32 Å². The molecule has 17 heavy (non-hydrogen) atoms. The Morgan fingerprint density at radius 2 is 1.94 bits per heavy atom. The Kier molecular flexibility index (Phi) is 5.75. The molecular weight excluding hydrogens is 212 g/mol. The highest BCUT2D eigenvalue weighted by Crippen LogP contribution is 2.28. The fraction of sp³-hybridized carbons (Fsp3) is 1.00.